The molecule has 4 rings (SSSR count). The lowest BCUT2D eigenvalue weighted by Gasteiger charge is -2.42. The zero-order valence-corrected chi connectivity index (χ0v) is 19.5. The smallest absolute Gasteiger partial charge is 0.336 e. The van der Waals surface area contributed by atoms with E-state index in [0.717, 1.165) is 15.4 Å². The van der Waals surface area contributed by atoms with E-state index in [0.29, 0.717) is 5.56 Å². The number of carboxylic acids is 1. The van der Waals surface area contributed by atoms with Crippen molar-refractivity contribution in [2.75, 3.05) is 0 Å². The molecule has 0 unspecified atom stereocenters. The molecule has 3 aromatic rings. The molecule has 154 valence electrons. The summed E-state index contributed by atoms with van der Waals surface area (Å²) in [6, 6.07) is 18.3. The first kappa shape index (κ1) is 20.9. The van der Waals surface area contributed by atoms with E-state index in [1.165, 1.54) is 29.4 Å². The van der Waals surface area contributed by atoms with Gasteiger partial charge >= 0.3 is 5.97 Å². The Labute approximate surface area is 186 Å². The van der Waals surface area contributed by atoms with E-state index in [1.54, 1.807) is 6.08 Å². The van der Waals surface area contributed by atoms with Crippen LogP contribution in [0.4, 0.5) is 0 Å². The Bertz CT molecular complexity index is 1180. The Kier molecular flexibility index (Phi) is 5.14. The summed E-state index contributed by atoms with van der Waals surface area (Å²) in [7, 11) is 0. The van der Waals surface area contributed by atoms with Gasteiger partial charge in [-0.2, -0.15) is 0 Å². The van der Waals surface area contributed by atoms with Crippen molar-refractivity contribution in [3.8, 4) is 0 Å². The lowest BCUT2D eigenvalue weighted by atomic mass is 9.63. The van der Waals surface area contributed by atoms with Crippen molar-refractivity contribution in [3.05, 3.63) is 81.3 Å². The third kappa shape index (κ3) is 3.83. The van der Waals surface area contributed by atoms with Crippen molar-refractivity contribution in [2.45, 2.75) is 51.4 Å². The van der Waals surface area contributed by atoms with Crippen LogP contribution in [0.1, 0.15) is 62.8 Å². The Morgan fingerprint density at radius 1 is 0.900 bits per heavy atom. The Morgan fingerprint density at radius 3 is 2.13 bits per heavy atom. The maximum Gasteiger partial charge on any atom is 0.336 e. The SMILES string of the molecule is CC1(C)CCC(C)(C)c2cc3cc(/C=C(/C(=O)O)c4cccc(Br)c4)ccc3cc21. The van der Waals surface area contributed by atoms with Crippen molar-refractivity contribution < 1.29 is 9.90 Å². The van der Waals surface area contributed by atoms with E-state index >= 15 is 0 Å². The van der Waals surface area contributed by atoms with Gasteiger partial charge < -0.3 is 5.11 Å². The molecular formula is C27H27BrO2. The highest BCUT2D eigenvalue weighted by Gasteiger charge is 2.37. The quantitative estimate of drug-likeness (QED) is 0.321. The fourth-order valence-electron chi connectivity index (χ4n) is 4.51. The van der Waals surface area contributed by atoms with Crippen LogP contribution in [0.3, 0.4) is 0 Å². The van der Waals surface area contributed by atoms with Crippen LogP contribution in [-0.4, -0.2) is 11.1 Å². The third-order valence-corrected chi connectivity index (χ3v) is 7.00. The zero-order valence-electron chi connectivity index (χ0n) is 17.9. The first-order valence-electron chi connectivity index (χ1n) is 10.4. The normalized spacial score (nSPS) is 17.6. The number of hydrogen-bond acceptors (Lipinski definition) is 1. The molecule has 1 aliphatic rings. The molecule has 0 saturated carbocycles. The van der Waals surface area contributed by atoms with Crippen LogP contribution in [0.25, 0.3) is 22.4 Å². The monoisotopic (exact) mass is 462 g/mol. The lowest BCUT2D eigenvalue weighted by molar-refractivity contribution is -0.130. The molecule has 0 heterocycles. The Balaban J connectivity index is 1.86. The van der Waals surface area contributed by atoms with Crippen LogP contribution >= 0.6 is 15.9 Å². The molecule has 0 aromatic heterocycles. The minimum Gasteiger partial charge on any atom is -0.478 e. The molecule has 0 fully saturated rings. The number of rotatable bonds is 3. The van der Waals surface area contributed by atoms with Gasteiger partial charge in [-0.25, -0.2) is 4.79 Å². The van der Waals surface area contributed by atoms with E-state index in [2.05, 4.69) is 67.9 Å². The molecule has 0 saturated heterocycles. The molecule has 3 aromatic carbocycles. The van der Waals surface area contributed by atoms with Gasteiger partial charge in [-0.3, -0.25) is 0 Å². The molecular weight excluding hydrogens is 436 g/mol. The van der Waals surface area contributed by atoms with Gasteiger partial charge in [0.1, 0.15) is 0 Å². The zero-order chi connectivity index (χ0) is 21.7. The van der Waals surface area contributed by atoms with E-state index < -0.39 is 5.97 Å². The minimum atomic E-state index is -0.929. The summed E-state index contributed by atoms with van der Waals surface area (Å²) in [5.74, 6) is -0.929. The van der Waals surface area contributed by atoms with Gasteiger partial charge in [-0.15, -0.1) is 0 Å². The van der Waals surface area contributed by atoms with E-state index in [1.807, 2.05) is 30.3 Å². The van der Waals surface area contributed by atoms with Gasteiger partial charge in [-0.1, -0.05) is 80.0 Å². The third-order valence-electron chi connectivity index (χ3n) is 6.51. The van der Waals surface area contributed by atoms with Crippen molar-refractivity contribution in [2.24, 2.45) is 0 Å². The van der Waals surface area contributed by atoms with Crippen LogP contribution in [-0.2, 0) is 15.6 Å². The van der Waals surface area contributed by atoms with Gasteiger partial charge in [0.05, 0.1) is 5.57 Å². The predicted octanol–water partition coefficient (Wildman–Crippen LogP) is 7.58. The second-order valence-corrected chi connectivity index (χ2v) is 10.6. The molecule has 0 bridgehead atoms. The molecule has 1 aliphatic carbocycles. The van der Waals surface area contributed by atoms with Crippen LogP contribution in [0.5, 0.6) is 0 Å². The molecule has 0 aliphatic heterocycles. The molecule has 0 radical (unpaired) electrons. The van der Waals surface area contributed by atoms with Gasteiger partial charge in [-0.05, 0) is 81.0 Å². The molecule has 30 heavy (non-hydrogen) atoms. The number of carboxylic acid groups (broad SMARTS) is 1. The number of aliphatic carboxylic acids is 1. The van der Waals surface area contributed by atoms with Gasteiger partial charge in [0.2, 0.25) is 0 Å². The van der Waals surface area contributed by atoms with Crippen molar-refractivity contribution >= 4 is 44.3 Å². The fourth-order valence-corrected chi connectivity index (χ4v) is 4.91. The van der Waals surface area contributed by atoms with Gasteiger partial charge in [0.15, 0.2) is 0 Å². The fraction of sp³-hybridized carbons (Fsp3) is 0.296. The average Bonchev–Trinajstić information content (AvgIpc) is 2.68. The standard InChI is InChI=1S/C27H27BrO2/c1-26(2)10-11-27(3,4)24-16-20-12-17(8-9-18(20)15-23(24)26)13-22(25(29)30)19-6-5-7-21(28)14-19/h5-9,12-16H,10-11H2,1-4H3,(H,29,30)/b22-13+. The van der Waals surface area contributed by atoms with Crippen molar-refractivity contribution in [1.82, 2.24) is 0 Å². The first-order valence-corrected chi connectivity index (χ1v) is 11.2. The summed E-state index contributed by atoms with van der Waals surface area (Å²) in [5, 5.41) is 12.2. The molecule has 3 heteroatoms. The van der Waals surface area contributed by atoms with Crippen molar-refractivity contribution in [3.63, 3.8) is 0 Å². The number of fused-ring (bicyclic) bond motifs is 2. The molecule has 0 spiro atoms. The summed E-state index contributed by atoms with van der Waals surface area (Å²) < 4.78 is 0.863. The van der Waals surface area contributed by atoms with Crippen LogP contribution in [0, 0.1) is 0 Å². The maximum atomic E-state index is 11.9. The second-order valence-electron chi connectivity index (χ2n) is 9.65. The van der Waals surface area contributed by atoms with Crippen LogP contribution < -0.4 is 0 Å². The van der Waals surface area contributed by atoms with Crippen LogP contribution in [0.2, 0.25) is 0 Å². The topological polar surface area (TPSA) is 37.3 Å². The number of benzene rings is 3. The van der Waals surface area contributed by atoms with Gasteiger partial charge in [0.25, 0.3) is 0 Å². The predicted molar refractivity (Wildman–Crippen MR) is 129 cm³/mol. The number of halogens is 1. The van der Waals surface area contributed by atoms with Crippen LogP contribution in [0.15, 0.2) is 59.1 Å². The largest absolute Gasteiger partial charge is 0.478 e. The average molecular weight is 463 g/mol. The summed E-state index contributed by atoms with van der Waals surface area (Å²) >= 11 is 3.43. The number of carbonyl (C=O) groups is 1. The molecule has 1 N–H and O–H groups in total. The number of hydrogen-bond donors (Lipinski definition) is 1. The highest BCUT2D eigenvalue weighted by atomic mass is 79.9. The highest BCUT2D eigenvalue weighted by Crippen LogP contribution is 2.47. The molecule has 0 atom stereocenters. The van der Waals surface area contributed by atoms with E-state index in [4.69, 9.17) is 0 Å². The summed E-state index contributed by atoms with van der Waals surface area (Å²) in [6.07, 6.45) is 4.12. The van der Waals surface area contributed by atoms with Gasteiger partial charge in [0, 0.05) is 4.47 Å². The summed E-state index contributed by atoms with van der Waals surface area (Å²) in [4.78, 5) is 11.9. The summed E-state index contributed by atoms with van der Waals surface area (Å²) in [5.41, 5.74) is 5.04. The maximum absolute atomic E-state index is 11.9. The highest BCUT2D eigenvalue weighted by molar-refractivity contribution is 9.10. The van der Waals surface area contributed by atoms with E-state index in [-0.39, 0.29) is 16.4 Å². The van der Waals surface area contributed by atoms with Crippen molar-refractivity contribution in [1.29, 1.82) is 0 Å². The minimum absolute atomic E-state index is 0.146. The Hall–Kier alpha value is -2.39. The van der Waals surface area contributed by atoms with E-state index in [9.17, 15) is 9.90 Å². The molecule has 2 nitrogen and oxygen atoms in total. The second kappa shape index (κ2) is 7.39. The Morgan fingerprint density at radius 2 is 1.53 bits per heavy atom. The first-order chi connectivity index (χ1) is 14.1. The summed E-state index contributed by atoms with van der Waals surface area (Å²) in [6.45, 7) is 9.32. The molecule has 0 amide bonds. The lowest BCUT2D eigenvalue weighted by Crippen LogP contribution is -2.33.